The van der Waals surface area contributed by atoms with E-state index in [0.29, 0.717) is 29.4 Å². The number of halogens is 1. The number of aryl methyl sites for hydroxylation is 1. The molecule has 0 aliphatic heterocycles. The van der Waals surface area contributed by atoms with Crippen LogP contribution in [-0.2, 0) is 17.6 Å². The lowest BCUT2D eigenvalue weighted by Gasteiger charge is -2.02. The third-order valence-electron chi connectivity index (χ3n) is 3.25. The van der Waals surface area contributed by atoms with Crippen LogP contribution in [0, 0.1) is 6.92 Å². The predicted molar refractivity (Wildman–Crippen MR) is 80.6 cm³/mol. The van der Waals surface area contributed by atoms with Gasteiger partial charge in [-0.15, -0.1) is 0 Å². The Hall–Kier alpha value is -2.41. The van der Waals surface area contributed by atoms with Crippen molar-refractivity contribution in [2.75, 3.05) is 6.54 Å². The average molecular weight is 320 g/mol. The lowest BCUT2D eigenvalue weighted by atomic mass is 10.2. The Balaban J connectivity index is 1.53. The molecule has 1 aromatic carbocycles. The van der Waals surface area contributed by atoms with Crippen molar-refractivity contribution in [1.82, 2.24) is 25.6 Å². The minimum atomic E-state index is -0.127. The molecule has 2 heterocycles. The Morgan fingerprint density at radius 2 is 2.27 bits per heavy atom. The van der Waals surface area contributed by atoms with E-state index in [9.17, 15) is 4.79 Å². The number of nitrogens with zero attached hydrogens (tertiary/aromatic N) is 3. The summed E-state index contributed by atoms with van der Waals surface area (Å²) < 4.78 is 4.56. The number of rotatable bonds is 5. The highest BCUT2D eigenvalue weighted by atomic mass is 35.5. The molecule has 2 aromatic heterocycles. The molecule has 0 unspecified atom stereocenters. The van der Waals surface area contributed by atoms with E-state index in [1.54, 1.807) is 13.0 Å². The zero-order chi connectivity index (χ0) is 15.5. The maximum Gasteiger partial charge on any atom is 0.226 e. The maximum absolute atomic E-state index is 11.8. The minimum absolute atomic E-state index is 0.127. The number of carbonyl (C=O) groups is 1. The van der Waals surface area contributed by atoms with Crippen molar-refractivity contribution >= 4 is 28.5 Å². The van der Waals surface area contributed by atoms with Crippen LogP contribution in [0.1, 0.15) is 17.2 Å². The molecule has 0 saturated heterocycles. The fraction of sp³-hybridized carbons (Fsp3) is 0.286. The third kappa shape index (κ3) is 3.25. The molecule has 7 nitrogen and oxygen atoms in total. The molecule has 0 saturated carbocycles. The molecule has 0 aliphatic carbocycles. The maximum atomic E-state index is 11.8. The van der Waals surface area contributed by atoms with Gasteiger partial charge in [-0.2, -0.15) is 0 Å². The van der Waals surface area contributed by atoms with E-state index in [-0.39, 0.29) is 12.3 Å². The highest BCUT2D eigenvalue weighted by Gasteiger charge is 2.11. The minimum Gasteiger partial charge on any atom is -0.355 e. The molecule has 0 aliphatic rings. The van der Waals surface area contributed by atoms with Crippen LogP contribution in [0.25, 0.3) is 11.0 Å². The zero-order valence-electron chi connectivity index (χ0n) is 11.9. The van der Waals surface area contributed by atoms with Crippen molar-refractivity contribution in [3.63, 3.8) is 0 Å². The van der Waals surface area contributed by atoms with Crippen LogP contribution in [0.4, 0.5) is 0 Å². The van der Waals surface area contributed by atoms with E-state index in [1.807, 2.05) is 12.1 Å². The summed E-state index contributed by atoms with van der Waals surface area (Å²) in [5.41, 5.74) is 2.92. The van der Waals surface area contributed by atoms with Gasteiger partial charge in [0.25, 0.3) is 0 Å². The van der Waals surface area contributed by atoms with Crippen molar-refractivity contribution < 1.29 is 9.42 Å². The molecule has 0 fully saturated rings. The number of aromatic nitrogens is 4. The number of hydrogen-bond donors (Lipinski definition) is 2. The second-order valence-electron chi connectivity index (χ2n) is 4.92. The highest BCUT2D eigenvalue weighted by Crippen LogP contribution is 2.17. The van der Waals surface area contributed by atoms with Crippen LogP contribution >= 0.6 is 11.6 Å². The number of benzene rings is 1. The van der Waals surface area contributed by atoms with Gasteiger partial charge < -0.3 is 10.3 Å². The van der Waals surface area contributed by atoms with Crippen LogP contribution in [-0.4, -0.2) is 32.7 Å². The number of carbonyl (C=O) groups excluding carboxylic acids is 1. The second-order valence-corrected chi connectivity index (χ2v) is 5.35. The molecule has 1 amide bonds. The van der Waals surface area contributed by atoms with Gasteiger partial charge in [-0.05, 0) is 25.1 Å². The fourth-order valence-corrected chi connectivity index (χ4v) is 2.27. The summed E-state index contributed by atoms with van der Waals surface area (Å²) in [7, 11) is 0. The van der Waals surface area contributed by atoms with Crippen LogP contribution in [0.5, 0.6) is 0 Å². The Kier molecular flexibility index (Phi) is 4.06. The lowest BCUT2D eigenvalue weighted by Crippen LogP contribution is -2.27. The standard InChI is InChI=1S/C14H14ClN5O2/c1-8-11(20-22-19-8)7-14(21)16-5-4-13-17-10-3-2-9(15)6-12(10)18-13/h2-3,6H,4-5,7H2,1H3,(H,16,21)(H,17,18). The molecule has 8 heteroatoms. The van der Waals surface area contributed by atoms with Crippen molar-refractivity contribution in [2.24, 2.45) is 0 Å². The molecule has 0 atom stereocenters. The van der Waals surface area contributed by atoms with Gasteiger partial charge in [-0.1, -0.05) is 21.9 Å². The molecule has 0 radical (unpaired) electrons. The number of amides is 1. The van der Waals surface area contributed by atoms with E-state index < -0.39 is 0 Å². The first-order chi connectivity index (χ1) is 10.6. The van der Waals surface area contributed by atoms with Gasteiger partial charge in [0.05, 0.1) is 17.5 Å². The Labute approximate surface area is 131 Å². The third-order valence-corrected chi connectivity index (χ3v) is 3.49. The SMILES string of the molecule is Cc1nonc1CC(=O)NCCc1nc2ccc(Cl)cc2[nH]1. The van der Waals surface area contributed by atoms with E-state index >= 15 is 0 Å². The highest BCUT2D eigenvalue weighted by molar-refractivity contribution is 6.31. The molecular formula is C14H14ClN5O2. The largest absolute Gasteiger partial charge is 0.355 e. The van der Waals surface area contributed by atoms with Gasteiger partial charge in [0.15, 0.2) is 0 Å². The van der Waals surface area contributed by atoms with Crippen LogP contribution < -0.4 is 5.32 Å². The summed E-state index contributed by atoms with van der Waals surface area (Å²) in [6.07, 6.45) is 0.763. The average Bonchev–Trinajstić information content (AvgIpc) is 3.05. The summed E-state index contributed by atoms with van der Waals surface area (Å²) in [6.45, 7) is 2.23. The zero-order valence-corrected chi connectivity index (χ0v) is 12.6. The van der Waals surface area contributed by atoms with Crippen molar-refractivity contribution in [3.8, 4) is 0 Å². The Morgan fingerprint density at radius 3 is 3.05 bits per heavy atom. The van der Waals surface area contributed by atoms with Gasteiger partial charge in [0.1, 0.15) is 17.2 Å². The number of aromatic amines is 1. The van der Waals surface area contributed by atoms with Crippen LogP contribution in [0.2, 0.25) is 5.02 Å². The van der Waals surface area contributed by atoms with Gasteiger partial charge >= 0.3 is 0 Å². The van der Waals surface area contributed by atoms with Crippen molar-refractivity contribution in [3.05, 3.63) is 40.4 Å². The van der Waals surface area contributed by atoms with Crippen LogP contribution in [0.3, 0.4) is 0 Å². The quantitative estimate of drug-likeness (QED) is 0.747. The summed E-state index contributed by atoms with van der Waals surface area (Å²) in [5, 5.41) is 10.8. The predicted octanol–water partition coefficient (Wildman–Crippen LogP) is 1.81. The Bertz CT molecular complexity index is 811. The van der Waals surface area contributed by atoms with E-state index in [0.717, 1.165) is 16.9 Å². The number of H-pyrrole nitrogens is 1. The molecule has 22 heavy (non-hydrogen) atoms. The summed E-state index contributed by atoms with van der Waals surface area (Å²) >= 11 is 5.93. The van der Waals surface area contributed by atoms with Crippen molar-refractivity contribution in [2.45, 2.75) is 19.8 Å². The smallest absolute Gasteiger partial charge is 0.226 e. The topological polar surface area (TPSA) is 96.7 Å². The second kappa shape index (κ2) is 6.15. The van der Waals surface area contributed by atoms with Crippen molar-refractivity contribution in [1.29, 1.82) is 0 Å². The summed E-state index contributed by atoms with van der Waals surface area (Å²) in [4.78, 5) is 19.4. The lowest BCUT2D eigenvalue weighted by molar-refractivity contribution is -0.120. The molecular weight excluding hydrogens is 306 g/mol. The monoisotopic (exact) mass is 319 g/mol. The normalized spacial score (nSPS) is 11.0. The molecule has 2 N–H and O–H groups in total. The van der Waals surface area contributed by atoms with Gasteiger partial charge in [-0.25, -0.2) is 9.61 Å². The number of imidazole rings is 1. The van der Waals surface area contributed by atoms with E-state index in [1.165, 1.54) is 0 Å². The Morgan fingerprint density at radius 1 is 1.41 bits per heavy atom. The first-order valence-corrected chi connectivity index (χ1v) is 7.18. The molecule has 0 spiro atoms. The molecule has 0 bridgehead atoms. The van der Waals surface area contributed by atoms with Crippen LogP contribution in [0.15, 0.2) is 22.8 Å². The van der Waals surface area contributed by atoms with E-state index in [4.69, 9.17) is 11.6 Å². The summed E-state index contributed by atoms with van der Waals surface area (Å²) in [5.74, 6) is 0.676. The fourth-order valence-electron chi connectivity index (χ4n) is 2.10. The number of hydrogen-bond acceptors (Lipinski definition) is 5. The van der Waals surface area contributed by atoms with Gasteiger partial charge in [0.2, 0.25) is 5.91 Å². The molecule has 3 aromatic rings. The first kappa shape index (κ1) is 14.5. The summed E-state index contributed by atoms with van der Waals surface area (Å²) in [6, 6.07) is 5.48. The van der Waals surface area contributed by atoms with Gasteiger partial charge in [-0.3, -0.25) is 4.79 Å². The molecule has 114 valence electrons. The number of nitrogens with one attached hydrogen (secondary N) is 2. The van der Waals surface area contributed by atoms with E-state index in [2.05, 4.69) is 30.2 Å². The molecule has 3 rings (SSSR count). The van der Waals surface area contributed by atoms with Gasteiger partial charge in [0, 0.05) is 18.0 Å². The first-order valence-electron chi connectivity index (χ1n) is 6.80. The number of fused-ring (bicyclic) bond motifs is 1.